The maximum Gasteiger partial charge on any atom is 0.338 e. The van der Waals surface area contributed by atoms with Crippen LogP contribution in [0.15, 0.2) is 138 Å². The van der Waals surface area contributed by atoms with Crippen molar-refractivity contribution in [1.82, 2.24) is 30.1 Å². The van der Waals surface area contributed by atoms with Crippen molar-refractivity contribution in [2.24, 2.45) is 22.7 Å². The molecule has 0 unspecified atom stereocenters. The highest BCUT2D eigenvalue weighted by Crippen LogP contribution is 2.55. The molecule has 0 bridgehead atoms. The molecule has 3 aromatic carbocycles. The van der Waals surface area contributed by atoms with Crippen molar-refractivity contribution in [3.63, 3.8) is 0 Å². The van der Waals surface area contributed by atoms with Crippen molar-refractivity contribution in [2.75, 3.05) is 39.5 Å². The number of carboxylic acid groups (broad SMARTS) is 1. The normalized spacial score (nSPS) is 20.8. The van der Waals surface area contributed by atoms with E-state index in [1.807, 2.05) is 80.0 Å². The third kappa shape index (κ3) is 14.1. The number of nitrogens with one attached hydrogen (secondary N) is 4. The van der Waals surface area contributed by atoms with Crippen LogP contribution in [0.5, 0.6) is 0 Å². The third-order valence-corrected chi connectivity index (χ3v) is 17.7. The average molecular weight is 1230 g/mol. The van der Waals surface area contributed by atoms with Crippen LogP contribution in [-0.2, 0) is 81.4 Å². The number of ketones is 1. The third-order valence-electron chi connectivity index (χ3n) is 17.7. The van der Waals surface area contributed by atoms with Gasteiger partial charge in [0.1, 0.15) is 16.6 Å². The number of nitrogens with zero attached hydrogens (tertiary/aromatic N) is 2. The fourth-order valence-electron chi connectivity index (χ4n) is 13.6. The van der Waals surface area contributed by atoms with Crippen LogP contribution in [-0.4, -0.2) is 123 Å². The first-order valence-corrected chi connectivity index (χ1v) is 31.4. The van der Waals surface area contributed by atoms with Crippen LogP contribution in [0.25, 0.3) is 32.7 Å². The van der Waals surface area contributed by atoms with Crippen molar-refractivity contribution < 1.29 is 67.2 Å². The Hall–Kier alpha value is -9.33. The summed E-state index contributed by atoms with van der Waals surface area (Å²) in [6.45, 7) is 9.40. The number of carbonyl (C=O) groups excluding carboxylic acids is 8. The Kier molecular flexibility index (Phi) is 21.6. The molecule has 6 aliphatic rings. The molecule has 0 spiro atoms. The van der Waals surface area contributed by atoms with Gasteiger partial charge in [0, 0.05) is 107 Å². The van der Waals surface area contributed by atoms with Gasteiger partial charge < -0.3 is 58.9 Å². The van der Waals surface area contributed by atoms with Crippen LogP contribution in [0, 0.1) is 22.7 Å². The number of rotatable bonds is 20. The lowest BCUT2D eigenvalue weighted by atomic mass is 9.68. The van der Waals surface area contributed by atoms with Crippen molar-refractivity contribution in [2.45, 2.75) is 124 Å². The predicted molar refractivity (Wildman–Crippen MR) is 336 cm³/mol. The number of carbonyl (C=O) groups is 9. The minimum Gasteiger partial charge on any atom is -0.481 e. The summed E-state index contributed by atoms with van der Waals surface area (Å²) in [4.78, 5) is 122. The van der Waals surface area contributed by atoms with E-state index in [-0.39, 0.29) is 55.6 Å². The molecule has 5 N–H and O–H groups in total. The van der Waals surface area contributed by atoms with E-state index in [1.54, 1.807) is 23.6 Å². The number of aromatic amines is 3. The molecule has 0 radical (unpaired) electrons. The van der Waals surface area contributed by atoms with Gasteiger partial charge in [0.25, 0.3) is 0 Å². The second-order valence-electron chi connectivity index (χ2n) is 23.1. The van der Waals surface area contributed by atoms with E-state index in [2.05, 4.69) is 55.5 Å². The van der Waals surface area contributed by atoms with Gasteiger partial charge in [-0.1, -0.05) is 66.7 Å². The number of Topliss-reactive ketones (excluding diaryl/α,β-unsaturated/α-hetero) is 1. The number of fused-ring (bicyclic) bond motifs is 5. The highest BCUT2D eigenvalue weighted by molar-refractivity contribution is 6.05. The summed E-state index contributed by atoms with van der Waals surface area (Å²) >= 11 is 0. The van der Waals surface area contributed by atoms with Gasteiger partial charge in [-0.05, 0) is 146 Å². The van der Waals surface area contributed by atoms with Gasteiger partial charge in [0.05, 0.1) is 43.7 Å². The van der Waals surface area contributed by atoms with Crippen LogP contribution < -0.4 is 5.32 Å². The number of allylic oxidation sites excluding steroid dienone is 3. The summed E-state index contributed by atoms with van der Waals surface area (Å²) in [5.74, 6) is -5.36. The number of benzene rings is 3. The summed E-state index contributed by atoms with van der Waals surface area (Å²) in [7, 11) is 0. The summed E-state index contributed by atoms with van der Waals surface area (Å²) in [5, 5.41) is 16.4. The van der Waals surface area contributed by atoms with E-state index in [0.29, 0.717) is 51.1 Å². The standard InChI is InChI=1S/C24H28N2O4.C23H26N2O5.C19H24N2O2.C4H2O3/c1-3-30-23(29)24-12-7-6-10-21(24)26(22(28)19(24)14-16(2)27)13-11-17-15-25-20-9-5-4-8-18(17)20;1-2-30-22(29)23-11-6-5-9-19(23)25(21(28)17(23)13-20(26)27)12-10-15-14-24-18-8-4-3-7-16(15)18;1-2-23-19(22)16-8-4-6-10-18(16)20-12-11-14-13-21-17-9-5-3-7-15(14)17;5-3-1-2-4(6)7-3/h4-5,8-10,15,19,25H,3,6-7,11-14H2,1-2H3;3-4,7-9,14,17,24H,2,5-6,10-13H2,1H3,(H,26,27);3,5,7,9,13,20-21H,2,4,6,8,10-12H2,1H3;1-2H/t19-,24-;17-,23-;;/m11../s1. The van der Waals surface area contributed by atoms with E-state index in [4.69, 9.17) is 14.2 Å². The number of aromatic nitrogens is 3. The first-order valence-electron chi connectivity index (χ1n) is 31.4. The molecular weight excluding hydrogens is 1150 g/mol. The molecule has 3 aliphatic heterocycles. The summed E-state index contributed by atoms with van der Waals surface area (Å²) in [6.07, 6.45) is 22.1. The molecule has 474 valence electrons. The lowest BCUT2D eigenvalue weighted by Crippen LogP contribution is -2.41. The van der Waals surface area contributed by atoms with Gasteiger partial charge >= 0.3 is 35.8 Å². The maximum absolute atomic E-state index is 13.5. The smallest absolute Gasteiger partial charge is 0.338 e. The zero-order valence-corrected chi connectivity index (χ0v) is 51.6. The van der Waals surface area contributed by atoms with Gasteiger partial charge in [0.2, 0.25) is 11.8 Å². The topological polar surface area (TPSA) is 277 Å². The largest absolute Gasteiger partial charge is 0.481 e. The summed E-state index contributed by atoms with van der Waals surface area (Å²) in [6, 6.07) is 24.4. The molecule has 0 saturated carbocycles. The Morgan fingerprint density at radius 2 is 1.02 bits per heavy atom. The van der Waals surface area contributed by atoms with Gasteiger partial charge in [0.15, 0.2) is 0 Å². The second-order valence-corrected chi connectivity index (χ2v) is 23.1. The molecule has 3 aliphatic carbocycles. The number of hydrogen-bond donors (Lipinski definition) is 5. The Morgan fingerprint density at radius 1 is 0.589 bits per heavy atom. The van der Waals surface area contributed by atoms with Crippen molar-refractivity contribution >= 4 is 86.1 Å². The minimum absolute atomic E-state index is 0.0680. The first-order chi connectivity index (χ1) is 43.6. The maximum atomic E-state index is 13.5. The number of para-hydroxylation sites is 3. The van der Waals surface area contributed by atoms with Crippen molar-refractivity contribution in [1.29, 1.82) is 0 Å². The number of esters is 5. The Bertz CT molecular complexity index is 3620. The SMILES string of the molecule is CCOC(=O)C1=C(NCCc2c[nH]c3ccccc23)CCCC1.CCOC(=O)[C@@]12CCCC=C1N(CCc1c[nH]c3ccccc13)C(=O)[C@H]2CC(=O)O.CCOC(=O)[C@@]12CCCC=C1N(CCc1c[nH]c3ccccc13)C(=O)[C@H]2CC(C)=O.O=C1C=CC(=O)O1. The quantitative estimate of drug-likeness (QED) is 0.0270. The molecular formula is C70H80N6O14. The highest BCUT2D eigenvalue weighted by Gasteiger charge is 2.63. The number of ether oxygens (including phenoxy) is 4. The van der Waals surface area contributed by atoms with E-state index in [1.165, 1.54) is 23.4 Å². The molecule has 4 atom stereocenters. The van der Waals surface area contributed by atoms with E-state index >= 15 is 0 Å². The van der Waals surface area contributed by atoms with E-state index in [9.17, 15) is 48.3 Å². The number of hydrogen-bond acceptors (Lipinski definition) is 14. The van der Waals surface area contributed by atoms with Crippen LogP contribution in [0.2, 0.25) is 0 Å². The minimum atomic E-state index is -1.19. The fourth-order valence-corrected chi connectivity index (χ4v) is 13.6. The average Bonchev–Trinajstić information content (AvgIpc) is 1.58. The number of amides is 2. The van der Waals surface area contributed by atoms with Crippen molar-refractivity contribution in [3.8, 4) is 0 Å². The second kappa shape index (κ2) is 29.8. The number of H-pyrrole nitrogens is 3. The van der Waals surface area contributed by atoms with Crippen molar-refractivity contribution in [3.05, 3.63) is 155 Å². The predicted octanol–water partition coefficient (Wildman–Crippen LogP) is 10.3. The van der Waals surface area contributed by atoms with Gasteiger partial charge in [-0.3, -0.25) is 24.0 Å². The summed E-state index contributed by atoms with van der Waals surface area (Å²) in [5.41, 5.74) is 7.85. The summed E-state index contributed by atoms with van der Waals surface area (Å²) < 4.78 is 19.9. The monoisotopic (exact) mass is 1230 g/mol. The molecule has 2 fully saturated rings. The Labute approximate surface area is 522 Å². The van der Waals surface area contributed by atoms with Crippen LogP contribution in [0.4, 0.5) is 0 Å². The molecule has 6 heterocycles. The first kappa shape index (κ1) is 65.1. The lowest BCUT2D eigenvalue weighted by Gasteiger charge is -2.35. The zero-order valence-electron chi connectivity index (χ0n) is 51.6. The number of cyclic esters (lactones) is 2. The molecule has 2 saturated heterocycles. The van der Waals surface area contributed by atoms with Gasteiger partial charge in [-0.25, -0.2) is 14.4 Å². The number of carboxylic acids is 1. The highest BCUT2D eigenvalue weighted by atomic mass is 16.6. The molecule has 3 aromatic heterocycles. The lowest BCUT2D eigenvalue weighted by molar-refractivity contribution is -0.159. The fraction of sp³-hybridized carbons (Fsp3) is 0.414. The molecule has 20 heteroatoms. The van der Waals surface area contributed by atoms with E-state index in [0.717, 1.165) is 126 Å². The van der Waals surface area contributed by atoms with Crippen LogP contribution in [0.3, 0.4) is 0 Å². The molecule has 20 nitrogen and oxygen atoms in total. The molecule has 12 rings (SSSR count). The zero-order chi connectivity index (χ0) is 64.0. The number of aliphatic carboxylic acids is 1. The molecule has 2 amide bonds. The Morgan fingerprint density at radius 3 is 1.44 bits per heavy atom. The van der Waals surface area contributed by atoms with Crippen LogP contribution >= 0.6 is 0 Å². The van der Waals surface area contributed by atoms with Crippen LogP contribution in [0.1, 0.15) is 121 Å². The molecule has 6 aromatic rings. The van der Waals surface area contributed by atoms with Gasteiger partial charge in [-0.15, -0.1) is 0 Å². The Balaban J connectivity index is 0.000000153. The van der Waals surface area contributed by atoms with Gasteiger partial charge in [-0.2, -0.15) is 0 Å². The van der Waals surface area contributed by atoms with E-state index < -0.39 is 46.5 Å². The number of likely N-dealkylation sites (tertiary alicyclic amines) is 2. The molecule has 90 heavy (non-hydrogen) atoms.